The van der Waals surface area contributed by atoms with Crippen molar-refractivity contribution < 1.29 is 4.39 Å². The average Bonchev–Trinajstić information content (AvgIpc) is 2.76. The highest BCUT2D eigenvalue weighted by Gasteiger charge is 2.28. The molecule has 1 aliphatic heterocycles. The van der Waals surface area contributed by atoms with Gasteiger partial charge in [0.1, 0.15) is 5.82 Å². The Bertz CT molecular complexity index is 626. The molecule has 3 heteroatoms. The number of benzene rings is 1. The molecule has 3 rings (SSSR count). The highest BCUT2D eigenvalue weighted by Crippen LogP contribution is 2.35. The Balaban J connectivity index is 2.08. The van der Waals surface area contributed by atoms with Crippen LogP contribution in [0.15, 0.2) is 47.7 Å². The first-order valence-electron chi connectivity index (χ1n) is 6.42. The second kappa shape index (κ2) is 4.35. The Morgan fingerprint density at radius 3 is 2.74 bits per heavy atom. The van der Waals surface area contributed by atoms with Crippen LogP contribution < -0.4 is 5.43 Å². The maximum Gasteiger partial charge on any atom is 0.126 e. The number of nitrogens with zero attached hydrogens (tertiary/aromatic N) is 1. The first-order valence-corrected chi connectivity index (χ1v) is 6.42. The zero-order valence-corrected chi connectivity index (χ0v) is 11.4. The van der Waals surface area contributed by atoms with E-state index in [0.29, 0.717) is 5.56 Å². The molecule has 0 saturated carbocycles. The fourth-order valence-corrected chi connectivity index (χ4v) is 2.60. The predicted octanol–water partition coefficient (Wildman–Crippen LogP) is 3.18. The summed E-state index contributed by atoms with van der Waals surface area (Å²) in [6, 6.07) is 5.63. The quantitative estimate of drug-likeness (QED) is 0.830. The van der Waals surface area contributed by atoms with Crippen molar-refractivity contribution in [3.63, 3.8) is 0 Å². The zero-order valence-electron chi connectivity index (χ0n) is 11.4. The Morgan fingerprint density at radius 2 is 2.00 bits per heavy atom. The van der Waals surface area contributed by atoms with E-state index >= 15 is 0 Å². The van der Waals surface area contributed by atoms with Gasteiger partial charge in [-0.3, -0.25) is 0 Å². The largest absolute Gasteiger partial charge is 0.317 e. The minimum Gasteiger partial charge on any atom is -0.317 e. The maximum atomic E-state index is 13.7. The van der Waals surface area contributed by atoms with Crippen LogP contribution in [-0.2, 0) is 0 Å². The van der Waals surface area contributed by atoms with E-state index in [4.69, 9.17) is 0 Å². The Morgan fingerprint density at radius 1 is 1.21 bits per heavy atom. The molecule has 0 amide bonds. The summed E-state index contributed by atoms with van der Waals surface area (Å²) in [5.41, 5.74) is 8.54. The van der Waals surface area contributed by atoms with Crippen LogP contribution in [0.25, 0.3) is 5.57 Å². The number of fused-ring (bicyclic) bond motifs is 1. The summed E-state index contributed by atoms with van der Waals surface area (Å²) in [5, 5.41) is 1.96. The van der Waals surface area contributed by atoms with Gasteiger partial charge in [-0.2, -0.15) is 0 Å². The molecule has 0 bridgehead atoms. The monoisotopic (exact) mass is 256 g/mol. The molecule has 1 N–H and O–H groups in total. The zero-order chi connectivity index (χ0) is 13.6. The van der Waals surface area contributed by atoms with Gasteiger partial charge in [0.05, 0.1) is 6.04 Å². The average molecular weight is 256 g/mol. The van der Waals surface area contributed by atoms with Crippen LogP contribution in [0.1, 0.15) is 18.1 Å². The SMILES string of the molecule is CC1=CC=C(c2ccc(C)c(F)c2)C2=CN(C)NC12. The molecule has 1 aliphatic carbocycles. The third-order valence-corrected chi connectivity index (χ3v) is 3.74. The summed E-state index contributed by atoms with van der Waals surface area (Å²) < 4.78 is 13.7. The molecule has 19 heavy (non-hydrogen) atoms. The normalized spacial score (nSPS) is 21.8. The molecular formula is C16H17FN2. The molecule has 1 aromatic rings. The van der Waals surface area contributed by atoms with Gasteiger partial charge in [-0.15, -0.1) is 0 Å². The van der Waals surface area contributed by atoms with E-state index in [1.54, 1.807) is 13.0 Å². The van der Waals surface area contributed by atoms with Crippen LogP contribution in [-0.4, -0.2) is 18.1 Å². The third kappa shape index (κ3) is 2.00. The Kier molecular flexibility index (Phi) is 2.79. The van der Waals surface area contributed by atoms with Gasteiger partial charge in [-0.1, -0.05) is 29.9 Å². The molecule has 1 unspecified atom stereocenters. The lowest BCUT2D eigenvalue weighted by atomic mass is 9.86. The number of hydrogen-bond acceptors (Lipinski definition) is 2. The van der Waals surface area contributed by atoms with Gasteiger partial charge in [0.15, 0.2) is 0 Å². The summed E-state index contributed by atoms with van der Waals surface area (Å²) in [6.45, 7) is 3.89. The molecule has 0 fully saturated rings. The fraction of sp³-hybridized carbons (Fsp3) is 0.250. The van der Waals surface area contributed by atoms with Crippen LogP contribution in [0.3, 0.4) is 0 Å². The second-order valence-corrected chi connectivity index (χ2v) is 5.21. The third-order valence-electron chi connectivity index (χ3n) is 3.74. The molecule has 2 aliphatic rings. The number of rotatable bonds is 1. The highest BCUT2D eigenvalue weighted by atomic mass is 19.1. The number of hydrazine groups is 1. The molecule has 0 radical (unpaired) electrons. The molecule has 0 saturated heterocycles. The first-order chi connectivity index (χ1) is 9.06. The minimum atomic E-state index is -0.152. The van der Waals surface area contributed by atoms with Gasteiger partial charge < -0.3 is 5.01 Å². The first kappa shape index (κ1) is 12.2. The van der Waals surface area contributed by atoms with Crippen molar-refractivity contribution >= 4 is 5.57 Å². The van der Waals surface area contributed by atoms with Gasteiger partial charge >= 0.3 is 0 Å². The van der Waals surface area contributed by atoms with Crippen molar-refractivity contribution in [1.82, 2.24) is 10.4 Å². The Hall–Kier alpha value is -1.87. The highest BCUT2D eigenvalue weighted by molar-refractivity contribution is 5.84. The second-order valence-electron chi connectivity index (χ2n) is 5.21. The summed E-state index contributed by atoms with van der Waals surface area (Å²) in [4.78, 5) is 0. The van der Waals surface area contributed by atoms with E-state index in [2.05, 4.69) is 30.7 Å². The van der Waals surface area contributed by atoms with Crippen molar-refractivity contribution in [1.29, 1.82) is 0 Å². The lowest BCUT2D eigenvalue weighted by Gasteiger charge is -2.23. The number of aryl methyl sites for hydroxylation is 1. The maximum absolute atomic E-state index is 13.7. The van der Waals surface area contributed by atoms with E-state index in [1.165, 1.54) is 11.1 Å². The molecule has 2 nitrogen and oxygen atoms in total. The lowest BCUT2D eigenvalue weighted by molar-refractivity contribution is 0.344. The Labute approximate surface area is 112 Å². The summed E-state index contributed by atoms with van der Waals surface area (Å²) in [5.74, 6) is -0.152. The van der Waals surface area contributed by atoms with Crippen LogP contribution in [0.4, 0.5) is 4.39 Å². The molecule has 98 valence electrons. The van der Waals surface area contributed by atoms with Gasteiger partial charge in [-0.25, -0.2) is 9.82 Å². The van der Waals surface area contributed by atoms with Crippen molar-refractivity contribution in [2.45, 2.75) is 19.9 Å². The van der Waals surface area contributed by atoms with Crippen molar-refractivity contribution in [2.75, 3.05) is 7.05 Å². The predicted molar refractivity (Wildman–Crippen MR) is 75.6 cm³/mol. The standard InChI is InChI=1S/C16H17FN2/c1-10-4-6-12(8-15(10)17)13-7-5-11(2)16-14(13)9-19(3)18-16/h4-9,16,18H,1-3H3. The van der Waals surface area contributed by atoms with Crippen LogP contribution in [0, 0.1) is 12.7 Å². The van der Waals surface area contributed by atoms with Crippen LogP contribution >= 0.6 is 0 Å². The minimum absolute atomic E-state index is 0.152. The molecular weight excluding hydrogens is 239 g/mol. The van der Waals surface area contributed by atoms with Crippen molar-refractivity contribution in [3.8, 4) is 0 Å². The van der Waals surface area contributed by atoms with Gasteiger partial charge in [0, 0.05) is 18.8 Å². The smallest absolute Gasteiger partial charge is 0.126 e. The van der Waals surface area contributed by atoms with Crippen LogP contribution in [0.5, 0.6) is 0 Å². The van der Waals surface area contributed by atoms with E-state index in [0.717, 1.165) is 11.1 Å². The van der Waals surface area contributed by atoms with Crippen molar-refractivity contribution in [3.05, 3.63) is 64.6 Å². The molecule has 0 spiro atoms. The molecule has 1 atom stereocenters. The van der Waals surface area contributed by atoms with E-state index in [9.17, 15) is 4.39 Å². The van der Waals surface area contributed by atoms with E-state index in [1.807, 2.05) is 24.2 Å². The summed E-state index contributed by atoms with van der Waals surface area (Å²) >= 11 is 0. The molecule has 1 aromatic carbocycles. The number of nitrogens with one attached hydrogen (secondary N) is 1. The number of hydrogen-bond donors (Lipinski definition) is 1. The summed E-state index contributed by atoms with van der Waals surface area (Å²) in [7, 11) is 1.98. The topological polar surface area (TPSA) is 15.3 Å². The molecule has 1 heterocycles. The van der Waals surface area contributed by atoms with Gasteiger partial charge in [0.25, 0.3) is 0 Å². The fourth-order valence-electron chi connectivity index (χ4n) is 2.60. The van der Waals surface area contributed by atoms with E-state index in [-0.39, 0.29) is 11.9 Å². The van der Waals surface area contributed by atoms with Crippen LogP contribution in [0.2, 0.25) is 0 Å². The lowest BCUT2D eigenvalue weighted by Crippen LogP contribution is -2.35. The van der Waals surface area contributed by atoms with Gasteiger partial charge in [-0.05, 0) is 36.6 Å². The van der Waals surface area contributed by atoms with Crippen molar-refractivity contribution in [2.24, 2.45) is 0 Å². The summed E-state index contributed by atoms with van der Waals surface area (Å²) in [6.07, 6.45) is 6.24. The van der Waals surface area contributed by atoms with Gasteiger partial charge in [0.2, 0.25) is 0 Å². The molecule has 0 aromatic heterocycles. The number of allylic oxidation sites excluding steroid dienone is 2. The number of halogens is 1. The van der Waals surface area contributed by atoms with E-state index < -0.39 is 0 Å².